The van der Waals surface area contributed by atoms with Crippen LogP contribution in [0.2, 0.25) is 0 Å². The van der Waals surface area contributed by atoms with E-state index in [4.69, 9.17) is 24.9 Å². The van der Waals surface area contributed by atoms with Crippen LogP contribution in [0.1, 0.15) is 56.8 Å². The van der Waals surface area contributed by atoms with Crippen LogP contribution in [0.15, 0.2) is 54.6 Å². The van der Waals surface area contributed by atoms with E-state index in [1.165, 1.54) is 18.4 Å². The Labute approximate surface area is 226 Å². The van der Waals surface area contributed by atoms with Crippen LogP contribution < -0.4 is 5.73 Å². The number of anilines is 1. The highest BCUT2D eigenvalue weighted by Crippen LogP contribution is 2.29. The van der Waals surface area contributed by atoms with Crippen LogP contribution in [-0.4, -0.2) is 47.6 Å². The first-order valence-electron chi connectivity index (χ1n) is 14.1. The first-order chi connectivity index (χ1) is 18.8. The predicted molar refractivity (Wildman–Crippen MR) is 154 cm³/mol. The summed E-state index contributed by atoms with van der Waals surface area (Å²) in [5.74, 6) is 1.31. The van der Waals surface area contributed by atoms with Crippen LogP contribution in [0, 0.1) is 0 Å². The van der Waals surface area contributed by atoms with Gasteiger partial charge in [0.2, 0.25) is 0 Å². The summed E-state index contributed by atoms with van der Waals surface area (Å²) >= 11 is 0. The highest BCUT2D eigenvalue weighted by Gasteiger charge is 2.17. The number of aryl methyl sites for hydroxylation is 1. The molecule has 0 atom stereocenters. The van der Waals surface area contributed by atoms with Gasteiger partial charge < -0.3 is 24.5 Å². The zero-order valence-electron chi connectivity index (χ0n) is 22.7. The SMILES string of the molecule is CCOCc1nc2c(N)nc3ccccc3c2n1CCOCCCCCCOCCCCc1ccccc1. The Morgan fingerprint density at radius 3 is 2.18 bits per heavy atom. The minimum Gasteiger partial charge on any atom is -0.382 e. The van der Waals surface area contributed by atoms with Gasteiger partial charge in [0.1, 0.15) is 17.9 Å². The number of nitrogens with two attached hydrogens (primary N) is 1. The van der Waals surface area contributed by atoms with E-state index < -0.39 is 0 Å². The van der Waals surface area contributed by atoms with Crippen LogP contribution in [-0.2, 0) is 33.8 Å². The molecule has 2 heterocycles. The molecule has 0 aliphatic rings. The third-order valence-corrected chi connectivity index (χ3v) is 6.76. The molecule has 2 aromatic carbocycles. The number of benzene rings is 2. The molecule has 0 aliphatic heterocycles. The number of nitrogen functional groups attached to an aromatic ring is 1. The first kappa shape index (κ1) is 28.0. The maximum Gasteiger partial charge on any atom is 0.152 e. The van der Waals surface area contributed by atoms with Crippen LogP contribution >= 0.6 is 0 Å². The summed E-state index contributed by atoms with van der Waals surface area (Å²) in [5, 5.41) is 1.05. The third kappa shape index (κ3) is 8.00. The molecule has 4 aromatic rings. The van der Waals surface area contributed by atoms with Crippen LogP contribution in [0.25, 0.3) is 21.9 Å². The molecule has 0 saturated carbocycles. The maximum absolute atomic E-state index is 6.26. The van der Waals surface area contributed by atoms with Gasteiger partial charge in [-0.3, -0.25) is 0 Å². The lowest BCUT2D eigenvalue weighted by Gasteiger charge is -2.11. The van der Waals surface area contributed by atoms with Gasteiger partial charge in [0.05, 0.1) is 17.6 Å². The molecular weight excluding hydrogens is 476 g/mol. The van der Waals surface area contributed by atoms with E-state index in [1.807, 2.05) is 25.1 Å². The average Bonchev–Trinajstić information content (AvgIpc) is 3.32. The van der Waals surface area contributed by atoms with Gasteiger partial charge in [-0.1, -0.05) is 61.4 Å². The van der Waals surface area contributed by atoms with E-state index in [1.54, 1.807) is 0 Å². The summed E-state index contributed by atoms with van der Waals surface area (Å²) in [6, 6.07) is 18.7. The summed E-state index contributed by atoms with van der Waals surface area (Å²) in [6.07, 6.45) is 7.96. The van der Waals surface area contributed by atoms with Crippen molar-refractivity contribution in [3.63, 3.8) is 0 Å². The quantitative estimate of drug-likeness (QED) is 0.155. The Bertz CT molecular complexity index is 1240. The fraction of sp³-hybridized carbons (Fsp3) is 0.484. The third-order valence-electron chi connectivity index (χ3n) is 6.76. The lowest BCUT2D eigenvalue weighted by atomic mass is 10.1. The highest BCUT2D eigenvalue weighted by atomic mass is 16.5. The van der Waals surface area contributed by atoms with Crippen molar-refractivity contribution >= 4 is 27.8 Å². The predicted octanol–water partition coefficient (Wildman–Crippen LogP) is 6.32. The second-order valence-corrected chi connectivity index (χ2v) is 9.61. The smallest absolute Gasteiger partial charge is 0.152 e. The number of pyridine rings is 1. The lowest BCUT2D eigenvalue weighted by Crippen LogP contribution is -2.11. The molecule has 0 amide bonds. The molecule has 38 heavy (non-hydrogen) atoms. The Hall–Kier alpha value is -3.00. The van der Waals surface area contributed by atoms with Crippen molar-refractivity contribution in [1.29, 1.82) is 0 Å². The van der Waals surface area contributed by atoms with Gasteiger partial charge in [0, 0.05) is 38.4 Å². The summed E-state index contributed by atoms with van der Waals surface area (Å²) in [4.78, 5) is 9.32. The highest BCUT2D eigenvalue weighted by molar-refractivity contribution is 6.06. The molecule has 0 bridgehead atoms. The number of hydrogen-bond acceptors (Lipinski definition) is 6. The number of para-hydroxylation sites is 1. The van der Waals surface area contributed by atoms with Crippen LogP contribution in [0.5, 0.6) is 0 Å². The van der Waals surface area contributed by atoms with Gasteiger partial charge in [0.25, 0.3) is 0 Å². The number of nitrogens with zero attached hydrogens (tertiary/aromatic N) is 3. The van der Waals surface area contributed by atoms with E-state index in [9.17, 15) is 0 Å². The molecule has 2 aromatic heterocycles. The number of hydrogen-bond donors (Lipinski definition) is 1. The monoisotopic (exact) mass is 518 g/mol. The van der Waals surface area contributed by atoms with Gasteiger partial charge in [-0.15, -0.1) is 0 Å². The molecule has 7 nitrogen and oxygen atoms in total. The standard InChI is InChI=1S/C31H42N4O3/c1-2-36-24-28-34-29-30(26-17-8-9-18-27(26)33-31(29)32)35(28)19-23-38-21-12-4-3-11-20-37-22-13-10-16-25-14-6-5-7-15-25/h5-9,14-15,17-18H,2-4,10-13,16,19-24H2,1H3,(H2,32,33). The molecule has 0 unspecified atom stereocenters. The summed E-state index contributed by atoms with van der Waals surface area (Å²) in [7, 11) is 0. The summed E-state index contributed by atoms with van der Waals surface area (Å²) in [5.41, 5.74) is 10.3. The molecule has 7 heteroatoms. The fourth-order valence-electron chi connectivity index (χ4n) is 4.75. The van der Waals surface area contributed by atoms with E-state index >= 15 is 0 Å². The molecule has 0 spiro atoms. The molecule has 2 N–H and O–H groups in total. The van der Waals surface area contributed by atoms with Crippen LogP contribution in [0.3, 0.4) is 0 Å². The number of unbranched alkanes of at least 4 members (excludes halogenated alkanes) is 4. The van der Waals surface area contributed by atoms with Crippen molar-refractivity contribution in [2.24, 2.45) is 0 Å². The van der Waals surface area contributed by atoms with Gasteiger partial charge in [-0.2, -0.15) is 0 Å². The first-order valence-corrected chi connectivity index (χ1v) is 14.1. The Morgan fingerprint density at radius 1 is 0.737 bits per heavy atom. The van der Waals surface area contributed by atoms with Crippen molar-refractivity contribution in [2.45, 2.75) is 65.0 Å². The van der Waals surface area contributed by atoms with Crippen molar-refractivity contribution in [1.82, 2.24) is 14.5 Å². The zero-order chi connectivity index (χ0) is 26.4. The second kappa shape index (κ2) is 15.4. The maximum atomic E-state index is 6.26. The van der Waals surface area contributed by atoms with Gasteiger partial charge in [-0.25, -0.2) is 9.97 Å². The van der Waals surface area contributed by atoms with Crippen LogP contribution in [0.4, 0.5) is 5.82 Å². The van der Waals surface area contributed by atoms with Crippen molar-refractivity contribution < 1.29 is 14.2 Å². The normalized spacial score (nSPS) is 11.6. The minimum atomic E-state index is 0.439. The summed E-state index contributed by atoms with van der Waals surface area (Å²) in [6.45, 7) is 6.85. The van der Waals surface area contributed by atoms with Gasteiger partial charge in [-0.05, 0) is 50.7 Å². The molecule has 0 fully saturated rings. The van der Waals surface area contributed by atoms with E-state index in [2.05, 4.69) is 45.9 Å². The van der Waals surface area contributed by atoms with Gasteiger partial charge in [0.15, 0.2) is 5.82 Å². The fourth-order valence-corrected chi connectivity index (χ4v) is 4.75. The molecule has 0 aliphatic carbocycles. The number of ether oxygens (including phenoxy) is 3. The topological polar surface area (TPSA) is 84.4 Å². The Kier molecular flexibility index (Phi) is 11.4. The van der Waals surface area contributed by atoms with Crippen molar-refractivity contribution in [3.8, 4) is 0 Å². The average molecular weight is 519 g/mol. The Morgan fingerprint density at radius 2 is 1.42 bits per heavy atom. The second-order valence-electron chi connectivity index (χ2n) is 9.61. The molecule has 0 saturated heterocycles. The number of aromatic nitrogens is 3. The largest absolute Gasteiger partial charge is 0.382 e. The summed E-state index contributed by atoms with van der Waals surface area (Å²) < 4.78 is 19.7. The molecule has 204 valence electrons. The Balaban J connectivity index is 1.12. The molecule has 4 rings (SSSR count). The number of rotatable bonds is 18. The lowest BCUT2D eigenvalue weighted by molar-refractivity contribution is 0.109. The van der Waals surface area contributed by atoms with Crippen molar-refractivity contribution in [3.05, 3.63) is 66.0 Å². The zero-order valence-corrected chi connectivity index (χ0v) is 22.7. The number of fused-ring (bicyclic) bond motifs is 3. The minimum absolute atomic E-state index is 0.439. The molecule has 0 radical (unpaired) electrons. The van der Waals surface area contributed by atoms with Gasteiger partial charge >= 0.3 is 0 Å². The number of imidazole rings is 1. The van der Waals surface area contributed by atoms with E-state index in [-0.39, 0.29) is 0 Å². The molecular formula is C31H42N4O3. The van der Waals surface area contributed by atoms with E-state index in [0.29, 0.717) is 32.2 Å². The van der Waals surface area contributed by atoms with E-state index in [0.717, 1.165) is 79.7 Å². The van der Waals surface area contributed by atoms with Crippen molar-refractivity contribution in [2.75, 3.05) is 38.8 Å².